The predicted molar refractivity (Wildman–Crippen MR) is 63.2 cm³/mol. The second kappa shape index (κ2) is 7.76. The van der Waals surface area contributed by atoms with Gasteiger partial charge in [-0.15, -0.1) is 11.3 Å². The minimum Gasteiger partial charge on any atom is -0.383 e. The van der Waals surface area contributed by atoms with Crippen molar-refractivity contribution in [3.63, 3.8) is 0 Å². The van der Waals surface area contributed by atoms with Crippen LogP contribution >= 0.6 is 11.3 Å². The van der Waals surface area contributed by atoms with Crippen LogP contribution < -0.4 is 5.32 Å². The van der Waals surface area contributed by atoms with Crippen molar-refractivity contribution in [3.8, 4) is 0 Å². The number of likely N-dealkylation sites (N-methyl/N-ethyl adjacent to an activating group) is 1. The number of ether oxygens (including phenoxy) is 1. The molecule has 1 heterocycles. The van der Waals surface area contributed by atoms with E-state index in [2.05, 4.69) is 22.2 Å². The maximum atomic E-state index is 4.95. The summed E-state index contributed by atoms with van der Waals surface area (Å²) in [6.45, 7) is 4.72. The molecule has 0 aliphatic heterocycles. The molecule has 0 atom stereocenters. The predicted octanol–water partition coefficient (Wildman–Crippen LogP) is 0.811. The lowest BCUT2D eigenvalue weighted by atomic mass is 10.4. The number of thiazole rings is 1. The van der Waals surface area contributed by atoms with Gasteiger partial charge in [-0.1, -0.05) is 0 Å². The topological polar surface area (TPSA) is 37.4 Å². The van der Waals surface area contributed by atoms with E-state index in [1.54, 1.807) is 18.4 Å². The van der Waals surface area contributed by atoms with E-state index in [0.29, 0.717) is 0 Å². The maximum absolute atomic E-state index is 4.95. The molecule has 0 spiro atoms. The fraction of sp³-hybridized carbons (Fsp3) is 0.700. The summed E-state index contributed by atoms with van der Waals surface area (Å²) in [6.07, 6.45) is 1.93. The Kier molecular flexibility index (Phi) is 6.50. The Balaban J connectivity index is 2.01. The number of hydrogen-bond donors (Lipinski definition) is 1. The van der Waals surface area contributed by atoms with E-state index < -0.39 is 0 Å². The lowest BCUT2D eigenvalue weighted by Gasteiger charge is -2.15. The van der Waals surface area contributed by atoms with Gasteiger partial charge in [0.15, 0.2) is 0 Å². The largest absolute Gasteiger partial charge is 0.383 e. The fourth-order valence-corrected chi connectivity index (χ4v) is 1.91. The van der Waals surface area contributed by atoms with E-state index in [1.165, 1.54) is 4.88 Å². The molecule has 1 aromatic heterocycles. The van der Waals surface area contributed by atoms with Gasteiger partial charge in [0.2, 0.25) is 0 Å². The van der Waals surface area contributed by atoms with Crippen molar-refractivity contribution in [2.45, 2.75) is 6.54 Å². The molecule has 0 bridgehead atoms. The quantitative estimate of drug-likeness (QED) is 0.669. The van der Waals surface area contributed by atoms with Crippen molar-refractivity contribution in [2.24, 2.45) is 0 Å². The molecule has 0 radical (unpaired) electrons. The number of hydrogen-bond acceptors (Lipinski definition) is 5. The average Bonchev–Trinajstić information content (AvgIpc) is 2.70. The molecule has 0 aliphatic rings. The molecule has 5 heteroatoms. The molecular formula is C10H19N3OS. The first-order valence-corrected chi connectivity index (χ1v) is 5.96. The van der Waals surface area contributed by atoms with E-state index in [0.717, 1.165) is 32.8 Å². The fourth-order valence-electron chi connectivity index (χ4n) is 1.23. The van der Waals surface area contributed by atoms with Crippen molar-refractivity contribution in [1.82, 2.24) is 15.2 Å². The van der Waals surface area contributed by atoms with Crippen LogP contribution in [-0.2, 0) is 11.3 Å². The average molecular weight is 229 g/mol. The normalized spacial score (nSPS) is 11.1. The number of nitrogens with one attached hydrogen (secondary N) is 1. The Labute approximate surface area is 95.3 Å². The van der Waals surface area contributed by atoms with Crippen LogP contribution in [0.25, 0.3) is 0 Å². The number of nitrogens with zero attached hydrogens (tertiary/aromatic N) is 2. The van der Waals surface area contributed by atoms with Gasteiger partial charge in [-0.3, -0.25) is 9.88 Å². The molecule has 0 aromatic carbocycles. The van der Waals surface area contributed by atoms with Crippen LogP contribution in [0.1, 0.15) is 4.88 Å². The first-order valence-electron chi connectivity index (χ1n) is 5.08. The molecule has 0 amide bonds. The van der Waals surface area contributed by atoms with Gasteiger partial charge in [0.05, 0.1) is 12.1 Å². The van der Waals surface area contributed by atoms with Crippen molar-refractivity contribution in [3.05, 3.63) is 16.6 Å². The van der Waals surface area contributed by atoms with Crippen LogP contribution in [0.2, 0.25) is 0 Å². The minimum atomic E-state index is 0.776. The molecule has 1 rings (SSSR count). The highest BCUT2D eigenvalue weighted by molar-refractivity contribution is 7.09. The maximum Gasteiger partial charge on any atom is 0.0794 e. The first kappa shape index (κ1) is 12.6. The number of aromatic nitrogens is 1. The Hall–Kier alpha value is -0.490. The van der Waals surface area contributed by atoms with Gasteiger partial charge >= 0.3 is 0 Å². The van der Waals surface area contributed by atoms with E-state index >= 15 is 0 Å². The summed E-state index contributed by atoms with van der Waals surface area (Å²) >= 11 is 1.71. The van der Waals surface area contributed by atoms with Gasteiger partial charge < -0.3 is 10.1 Å². The molecule has 1 N–H and O–H groups in total. The summed E-state index contributed by atoms with van der Waals surface area (Å²) in [5, 5.41) is 3.32. The molecular weight excluding hydrogens is 210 g/mol. The summed E-state index contributed by atoms with van der Waals surface area (Å²) in [7, 11) is 3.84. The Bertz CT molecular complexity index is 241. The third-order valence-electron chi connectivity index (χ3n) is 2.06. The van der Waals surface area contributed by atoms with Crippen LogP contribution in [-0.4, -0.2) is 50.3 Å². The highest BCUT2D eigenvalue weighted by atomic mass is 32.1. The SMILES string of the molecule is COCCNCCN(C)Cc1cncs1. The van der Waals surface area contributed by atoms with Gasteiger partial charge in [0, 0.05) is 44.4 Å². The standard InChI is InChI=1S/C10H19N3OS/c1-13(5-3-11-4-6-14-2)8-10-7-12-9-15-10/h7,9,11H,3-6,8H2,1-2H3. The van der Waals surface area contributed by atoms with Crippen molar-refractivity contribution >= 4 is 11.3 Å². The van der Waals surface area contributed by atoms with Crippen LogP contribution in [0.3, 0.4) is 0 Å². The Morgan fingerprint density at radius 3 is 3.07 bits per heavy atom. The van der Waals surface area contributed by atoms with Crippen molar-refractivity contribution in [2.75, 3.05) is 40.4 Å². The highest BCUT2D eigenvalue weighted by Gasteiger charge is 2.00. The second-order valence-corrected chi connectivity index (χ2v) is 4.42. The third-order valence-corrected chi connectivity index (χ3v) is 2.83. The van der Waals surface area contributed by atoms with E-state index in [1.807, 2.05) is 11.7 Å². The zero-order chi connectivity index (χ0) is 10.9. The second-order valence-electron chi connectivity index (χ2n) is 3.45. The van der Waals surface area contributed by atoms with Crippen molar-refractivity contribution < 1.29 is 4.74 Å². The minimum absolute atomic E-state index is 0.776. The van der Waals surface area contributed by atoms with Gasteiger partial charge in [0.25, 0.3) is 0 Å². The molecule has 86 valence electrons. The monoisotopic (exact) mass is 229 g/mol. The molecule has 0 aliphatic carbocycles. The highest BCUT2D eigenvalue weighted by Crippen LogP contribution is 2.07. The Morgan fingerprint density at radius 1 is 1.53 bits per heavy atom. The van der Waals surface area contributed by atoms with E-state index in [-0.39, 0.29) is 0 Å². The summed E-state index contributed by atoms with van der Waals surface area (Å²) in [5.41, 5.74) is 1.88. The van der Waals surface area contributed by atoms with Crippen LogP contribution in [0.15, 0.2) is 11.7 Å². The molecule has 15 heavy (non-hydrogen) atoms. The summed E-state index contributed by atoms with van der Waals surface area (Å²) in [5.74, 6) is 0. The van der Waals surface area contributed by atoms with Gasteiger partial charge in [-0.25, -0.2) is 0 Å². The van der Waals surface area contributed by atoms with Crippen LogP contribution in [0.5, 0.6) is 0 Å². The lowest BCUT2D eigenvalue weighted by Crippen LogP contribution is -2.30. The third kappa shape index (κ3) is 5.84. The number of methoxy groups -OCH3 is 1. The molecule has 4 nitrogen and oxygen atoms in total. The zero-order valence-corrected chi connectivity index (χ0v) is 10.2. The summed E-state index contributed by atoms with van der Waals surface area (Å²) < 4.78 is 4.95. The molecule has 0 fully saturated rings. The van der Waals surface area contributed by atoms with Gasteiger partial charge in [-0.2, -0.15) is 0 Å². The molecule has 0 saturated carbocycles. The lowest BCUT2D eigenvalue weighted by molar-refractivity contribution is 0.197. The van der Waals surface area contributed by atoms with Crippen molar-refractivity contribution in [1.29, 1.82) is 0 Å². The van der Waals surface area contributed by atoms with E-state index in [4.69, 9.17) is 4.74 Å². The van der Waals surface area contributed by atoms with Gasteiger partial charge in [-0.05, 0) is 7.05 Å². The zero-order valence-electron chi connectivity index (χ0n) is 9.40. The molecule has 0 unspecified atom stereocenters. The van der Waals surface area contributed by atoms with Crippen LogP contribution in [0, 0.1) is 0 Å². The summed E-state index contributed by atoms with van der Waals surface area (Å²) in [6, 6.07) is 0. The number of rotatable bonds is 8. The molecule has 1 aromatic rings. The van der Waals surface area contributed by atoms with Gasteiger partial charge in [0.1, 0.15) is 0 Å². The first-order chi connectivity index (χ1) is 7.33. The van der Waals surface area contributed by atoms with E-state index in [9.17, 15) is 0 Å². The van der Waals surface area contributed by atoms with Crippen LogP contribution in [0.4, 0.5) is 0 Å². The summed E-state index contributed by atoms with van der Waals surface area (Å²) in [4.78, 5) is 7.66. The Morgan fingerprint density at radius 2 is 2.40 bits per heavy atom. The smallest absolute Gasteiger partial charge is 0.0794 e. The molecule has 0 saturated heterocycles.